The van der Waals surface area contributed by atoms with Gasteiger partial charge in [0.15, 0.2) is 0 Å². The molecule has 0 aliphatic rings. The first kappa shape index (κ1) is 13.8. The maximum Gasteiger partial charge on any atom is 0.140 e. The summed E-state index contributed by atoms with van der Waals surface area (Å²) in [5.41, 5.74) is 3.81. The molecular weight excluding hydrogens is 234 g/mol. The molecule has 0 saturated heterocycles. The van der Waals surface area contributed by atoms with Gasteiger partial charge < -0.3 is 9.88 Å². The molecule has 3 heteroatoms. The summed E-state index contributed by atoms with van der Waals surface area (Å²) in [6.07, 6.45) is 3.91. The second kappa shape index (κ2) is 6.02. The van der Waals surface area contributed by atoms with E-state index in [0.29, 0.717) is 6.04 Å². The highest BCUT2D eigenvalue weighted by molar-refractivity contribution is 5.61. The van der Waals surface area contributed by atoms with Gasteiger partial charge in [0.05, 0.1) is 0 Å². The van der Waals surface area contributed by atoms with Crippen molar-refractivity contribution in [2.45, 2.75) is 46.8 Å². The Morgan fingerprint density at radius 1 is 1.32 bits per heavy atom. The smallest absolute Gasteiger partial charge is 0.140 e. The van der Waals surface area contributed by atoms with E-state index in [1.165, 1.54) is 16.7 Å². The molecule has 0 fully saturated rings. The molecule has 0 unspecified atom stereocenters. The Morgan fingerprint density at radius 2 is 2.11 bits per heavy atom. The normalized spacial score (nSPS) is 11.2. The van der Waals surface area contributed by atoms with E-state index in [2.05, 4.69) is 60.8 Å². The van der Waals surface area contributed by atoms with E-state index in [1.807, 2.05) is 12.4 Å². The van der Waals surface area contributed by atoms with Crippen molar-refractivity contribution >= 4 is 0 Å². The lowest BCUT2D eigenvalue weighted by atomic mass is 10.0. The molecule has 0 spiro atoms. The molecule has 0 atom stereocenters. The van der Waals surface area contributed by atoms with E-state index >= 15 is 0 Å². The minimum Gasteiger partial charge on any atom is -0.331 e. The number of aromatic nitrogens is 2. The Morgan fingerprint density at radius 3 is 2.79 bits per heavy atom. The molecule has 2 aromatic rings. The van der Waals surface area contributed by atoms with E-state index in [-0.39, 0.29) is 0 Å². The SMILES string of the molecule is CCn1ccnc1-c1cc(CNC(C)C)ccc1C. The predicted octanol–water partition coefficient (Wildman–Crippen LogP) is 3.38. The van der Waals surface area contributed by atoms with Gasteiger partial charge in [0.2, 0.25) is 0 Å². The summed E-state index contributed by atoms with van der Waals surface area (Å²) in [7, 11) is 0. The highest BCUT2D eigenvalue weighted by atomic mass is 15.1. The molecule has 0 radical (unpaired) electrons. The standard InChI is InChI=1S/C16H23N3/c1-5-19-9-8-17-16(19)15-10-14(7-6-13(15)4)11-18-12(2)3/h6-10,12,18H,5,11H2,1-4H3. The average Bonchev–Trinajstić information content (AvgIpc) is 2.85. The fraction of sp³-hybridized carbons (Fsp3) is 0.438. The number of nitrogens with one attached hydrogen (secondary N) is 1. The van der Waals surface area contributed by atoms with Crippen LogP contribution < -0.4 is 5.32 Å². The van der Waals surface area contributed by atoms with Crippen LogP contribution in [0.2, 0.25) is 0 Å². The summed E-state index contributed by atoms with van der Waals surface area (Å²) in [4.78, 5) is 4.50. The predicted molar refractivity (Wildman–Crippen MR) is 80.0 cm³/mol. The molecule has 1 aromatic carbocycles. The maximum absolute atomic E-state index is 4.50. The van der Waals surface area contributed by atoms with Crippen LogP contribution in [0.1, 0.15) is 31.9 Å². The highest BCUT2D eigenvalue weighted by Gasteiger charge is 2.09. The maximum atomic E-state index is 4.50. The van der Waals surface area contributed by atoms with E-state index in [1.54, 1.807) is 0 Å². The van der Waals surface area contributed by atoms with Gasteiger partial charge in [0.25, 0.3) is 0 Å². The Bertz CT molecular complexity index is 541. The van der Waals surface area contributed by atoms with Gasteiger partial charge in [-0.3, -0.25) is 0 Å². The number of hydrogen-bond acceptors (Lipinski definition) is 2. The van der Waals surface area contributed by atoms with Gasteiger partial charge in [-0.25, -0.2) is 4.98 Å². The quantitative estimate of drug-likeness (QED) is 0.890. The average molecular weight is 257 g/mol. The van der Waals surface area contributed by atoms with Crippen molar-refractivity contribution in [3.8, 4) is 11.4 Å². The van der Waals surface area contributed by atoms with Gasteiger partial charge in [0, 0.05) is 37.1 Å². The van der Waals surface area contributed by atoms with Crippen LogP contribution in [-0.4, -0.2) is 15.6 Å². The number of imidazole rings is 1. The van der Waals surface area contributed by atoms with Crippen LogP contribution in [0.25, 0.3) is 11.4 Å². The molecule has 3 nitrogen and oxygen atoms in total. The fourth-order valence-corrected chi connectivity index (χ4v) is 2.15. The first-order chi connectivity index (χ1) is 9.11. The van der Waals surface area contributed by atoms with Crippen molar-refractivity contribution in [1.29, 1.82) is 0 Å². The second-order valence-electron chi connectivity index (χ2n) is 5.22. The van der Waals surface area contributed by atoms with Crippen LogP contribution >= 0.6 is 0 Å². The fourth-order valence-electron chi connectivity index (χ4n) is 2.15. The Hall–Kier alpha value is -1.61. The first-order valence-corrected chi connectivity index (χ1v) is 6.96. The van der Waals surface area contributed by atoms with Crippen LogP contribution in [0.15, 0.2) is 30.6 Å². The van der Waals surface area contributed by atoms with Crippen molar-refractivity contribution in [3.63, 3.8) is 0 Å². The lowest BCUT2D eigenvalue weighted by Gasteiger charge is -2.12. The van der Waals surface area contributed by atoms with Crippen LogP contribution in [0.5, 0.6) is 0 Å². The monoisotopic (exact) mass is 257 g/mol. The number of nitrogens with zero attached hydrogens (tertiary/aromatic N) is 2. The zero-order chi connectivity index (χ0) is 13.8. The lowest BCUT2D eigenvalue weighted by molar-refractivity contribution is 0.589. The van der Waals surface area contributed by atoms with Crippen molar-refractivity contribution in [2.24, 2.45) is 0 Å². The number of benzene rings is 1. The largest absolute Gasteiger partial charge is 0.331 e. The summed E-state index contributed by atoms with van der Waals surface area (Å²) >= 11 is 0. The van der Waals surface area contributed by atoms with Gasteiger partial charge in [-0.05, 0) is 31.0 Å². The summed E-state index contributed by atoms with van der Waals surface area (Å²) in [6, 6.07) is 7.12. The topological polar surface area (TPSA) is 29.9 Å². The summed E-state index contributed by atoms with van der Waals surface area (Å²) in [5.74, 6) is 1.06. The molecule has 0 amide bonds. The van der Waals surface area contributed by atoms with Gasteiger partial charge in [-0.1, -0.05) is 26.0 Å². The number of rotatable bonds is 5. The van der Waals surface area contributed by atoms with Gasteiger partial charge in [-0.2, -0.15) is 0 Å². The minimum absolute atomic E-state index is 0.502. The van der Waals surface area contributed by atoms with Crippen molar-refractivity contribution in [3.05, 3.63) is 41.7 Å². The molecule has 1 heterocycles. The molecule has 1 aromatic heterocycles. The third-order valence-electron chi connectivity index (χ3n) is 3.31. The molecule has 0 saturated carbocycles. The van der Waals surface area contributed by atoms with Gasteiger partial charge in [0.1, 0.15) is 5.82 Å². The molecule has 1 N–H and O–H groups in total. The van der Waals surface area contributed by atoms with Crippen molar-refractivity contribution < 1.29 is 0 Å². The summed E-state index contributed by atoms with van der Waals surface area (Å²) in [6.45, 7) is 10.5. The highest BCUT2D eigenvalue weighted by Crippen LogP contribution is 2.23. The number of aryl methyl sites for hydroxylation is 2. The van der Waals surface area contributed by atoms with Gasteiger partial charge >= 0.3 is 0 Å². The van der Waals surface area contributed by atoms with E-state index in [0.717, 1.165) is 18.9 Å². The molecule has 2 rings (SSSR count). The Labute approximate surface area is 115 Å². The van der Waals surface area contributed by atoms with E-state index in [4.69, 9.17) is 0 Å². The summed E-state index contributed by atoms with van der Waals surface area (Å²) < 4.78 is 2.18. The summed E-state index contributed by atoms with van der Waals surface area (Å²) in [5, 5.41) is 3.46. The van der Waals surface area contributed by atoms with Crippen LogP contribution in [0, 0.1) is 6.92 Å². The minimum atomic E-state index is 0.502. The van der Waals surface area contributed by atoms with Crippen molar-refractivity contribution in [2.75, 3.05) is 0 Å². The van der Waals surface area contributed by atoms with Crippen LogP contribution in [0.3, 0.4) is 0 Å². The Balaban J connectivity index is 2.32. The second-order valence-corrected chi connectivity index (χ2v) is 5.22. The molecule has 102 valence electrons. The number of hydrogen-bond donors (Lipinski definition) is 1. The lowest BCUT2D eigenvalue weighted by Crippen LogP contribution is -2.21. The van der Waals surface area contributed by atoms with E-state index in [9.17, 15) is 0 Å². The molecular formula is C16H23N3. The third kappa shape index (κ3) is 3.24. The molecule has 0 aliphatic carbocycles. The third-order valence-corrected chi connectivity index (χ3v) is 3.31. The van der Waals surface area contributed by atoms with Gasteiger partial charge in [-0.15, -0.1) is 0 Å². The molecule has 0 aliphatic heterocycles. The van der Waals surface area contributed by atoms with Crippen molar-refractivity contribution in [1.82, 2.24) is 14.9 Å². The molecule has 19 heavy (non-hydrogen) atoms. The van der Waals surface area contributed by atoms with Crippen LogP contribution in [0.4, 0.5) is 0 Å². The first-order valence-electron chi connectivity index (χ1n) is 6.96. The zero-order valence-electron chi connectivity index (χ0n) is 12.3. The molecule has 0 bridgehead atoms. The van der Waals surface area contributed by atoms with E-state index < -0.39 is 0 Å². The van der Waals surface area contributed by atoms with Crippen LogP contribution in [-0.2, 0) is 13.1 Å². The zero-order valence-corrected chi connectivity index (χ0v) is 12.3. The Kier molecular flexibility index (Phi) is 4.38.